The summed E-state index contributed by atoms with van der Waals surface area (Å²) in [4.78, 5) is 14.5. The fourth-order valence-corrected chi connectivity index (χ4v) is 3.24. The molecule has 0 aliphatic carbocycles. The number of nitrogens with zero attached hydrogens (tertiary/aromatic N) is 4. The summed E-state index contributed by atoms with van der Waals surface area (Å²) < 4.78 is 7.89. The number of hydrogen-bond donors (Lipinski definition) is 0. The molecular weight excluding hydrogens is 348 g/mol. The van der Waals surface area contributed by atoms with E-state index in [1.807, 2.05) is 33.7 Å². The van der Waals surface area contributed by atoms with Gasteiger partial charge in [0.1, 0.15) is 0 Å². The van der Waals surface area contributed by atoms with E-state index in [9.17, 15) is 4.79 Å². The lowest BCUT2D eigenvalue weighted by molar-refractivity contribution is 0.0695. The highest BCUT2D eigenvalue weighted by molar-refractivity contribution is 9.10. The third-order valence-electron chi connectivity index (χ3n) is 3.94. The topological polar surface area (TPSA) is 63.6 Å². The van der Waals surface area contributed by atoms with Gasteiger partial charge in [0.15, 0.2) is 21.9 Å². The summed E-state index contributed by atoms with van der Waals surface area (Å²) >= 11 is 3.23. The van der Waals surface area contributed by atoms with Gasteiger partial charge < -0.3 is 9.32 Å². The Morgan fingerprint density at radius 2 is 2.18 bits per heavy atom. The van der Waals surface area contributed by atoms with Gasteiger partial charge in [-0.05, 0) is 53.0 Å². The lowest BCUT2D eigenvalue weighted by Gasteiger charge is -2.22. The van der Waals surface area contributed by atoms with Crippen LogP contribution in [0.4, 0.5) is 0 Å². The molecule has 1 aliphatic rings. The lowest BCUT2D eigenvalue weighted by atomic mass is 10.2. The van der Waals surface area contributed by atoms with Gasteiger partial charge >= 0.3 is 0 Å². The predicted octanol–water partition coefficient (Wildman–Crippen LogP) is 3.06. The maximum absolute atomic E-state index is 12.7. The van der Waals surface area contributed by atoms with Gasteiger partial charge in [-0.3, -0.25) is 9.20 Å². The highest BCUT2D eigenvalue weighted by Crippen LogP contribution is 2.32. The Morgan fingerprint density at radius 1 is 1.27 bits per heavy atom. The first-order chi connectivity index (χ1) is 10.7. The number of rotatable bonds is 2. The Labute approximate surface area is 134 Å². The summed E-state index contributed by atoms with van der Waals surface area (Å²) in [5.74, 6) is 1.03. The molecule has 22 heavy (non-hydrogen) atoms. The van der Waals surface area contributed by atoms with E-state index in [2.05, 4.69) is 26.1 Å². The van der Waals surface area contributed by atoms with Gasteiger partial charge in [-0.2, -0.15) is 0 Å². The molecule has 3 aromatic rings. The van der Waals surface area contributed by atoms with Gasteiger partial charge in [-0.25, -0.2) is 0 Å². The molecule has 0 aromatic carbocycles. The van der Waals surface area contributed by atoms with E-state index in [1.165, 1.54) is 0 Å². The molecule has 4 rings (SSSR count). The summed E-state index contributed by atoms with van der Waals surface area (Å²) in [5, 5.41) is 8.47. The molecule has 1 atom stereocenters. The molecule has 4 heterocycles. The zero-order valence-corrected chi connectivity index (χ0v) is 13.2. The second kappa shape index (κ2) is 5.24. The van der Waals surface area contributed by atoms with Gasteiger partial charge in [0.25, 0.3) is 5.91 Å². The molecule has 3 aromatic heterocycles. The fraction of sp³-hybridized carbons (Fsp3) is 0.267. The van der Waals surface area contributed by atoms with E-state index in [-0.39, 0.29) is 11.9 Å². The van der Waals surface area contributed by atoms with Crippen LogP contribution < -0.4 is 0 Å². The second-order valence-electron chi connectivity index (χ2n) is 5.25. The van der Waals surface area contributed by atoms with E-state index in [0.29, 0.717) is 17.0 Å². The number of carbonyl (C=O) groups is 1. The quantitative estimate of drug-likeness (QED) is 0.704. The maximum Gasteiger partial charge on any atom is 0.290 e. The first-order valence-electron chi connectivity index (χ1n) is 7.10. The van der Waals surface area contributed by atoms with Crippen LogP contribution in [0.25, 0.3) is 5.65 Å². The minimum Gasteiger partial charge on any atom is -0.444 e. The van der Waals surface area contributed by atoms with Crippen molar-refractivity contribution < 1.29 is 9.21 Å². The third-order valence-corrected chi connectivity index (χ3v) is 4.36. The van der Waals surface area contributed by atoms with Crippen molar-refractivity contribution in [3.8, 4) is 0 Å². The van der Waals surface area contributed by atoms with Crippen molar-refractivity contribution in [3.05, 3.63) is 52.8 Å². The zero-order valence-electron chi connectivity index (χ0n) is 11.6. The molecule has 1 saturated heterocycles. The number of halogens is 1. The Balaban J connectivity index is 1.70. The van der Waals surface area contributed by atoms with Crippen molar-refractivity contribution >= 4 is 27.5 Å². The summed E-state index contributed by atoms with van der Waals surface area (Å²) in [7, 11) is 0. The molecule has 7 heteroatoms. The molecule has 1 unspecified atom stereocenters. The molecule has 112 valence electrons. The average Bonchev–Trinajstić information content (AvgIpc) is 3.24. The first kappa shape index (κ1) is 13.5. The molecule has 0 saturated carbocycles. The van der Waals surface area contributed by atoms with Crippen LogP contribution in [-0.2, 0) is 0 Å². The monoisotopic (exact) mass is 360 g/mol. The highest BCUT2D eigenvalue weighted by Gasteiger charge is 2.34. The van der Waals surface area contributed by atoms with E-state index in [1.54, 1.807) is 12.1 Å². The van der Waals surface area contributed by atoms with Crippen LogP contribution in [0.3, 0.4) is 0 Å². The molecular formula is C15H13BrN4O2. The van der Waals surface area contributed by atoms with Crippen molar-refractivity contribution in [3.63, 3.8) is 0 Å². The van der Waals surface area contributed by atoms with Crippen LogP contribution in [0.5, 0.6) is 0 Å². The molecule has 1 aliphatic heterocycles. The van der Waals surface area contributed by atoms with Crippen LogP contribution in [0.2, 0.25) is 0 Å². The van der Waals surface area contributed by atoms with Gasteiger partial charge in [-0.1, -0.05) is 6.07 Å². The number of amides is 1. The Kier molecular flexibility index (Phi) is 3.22. The zero-order chi connectivity index (χ0) is 15.1. The lowest BCUT2D eigenvalue weighted by Crippen LogP contribution is -2.31. The Hall–Kier alpha value is -2.15. The standard InChI is InChI=1S/C15H13BrN4O2/c16-12-7-6-11(22-12)15(21)19-9-3-4-10(19)14-18-17-13-5-1-2-8-20(13)14/h1-2,5-8,10H,3-4,9H2. The van der Waals surface area contributed by atoms with Gasteiger partial charge in [0.2, 0.25) is 0 Å². The van der Waals surface area contributed by atoms with Crippen molar-refractivity contribution in [2.24, 2.45) is 0 Å². The fourth-order valence-electron chi connectivity index (χ4n) is 2.94. The first-order valence-corrected chi connectivity index (χ1v) is 7.89. The van der Waals surface area contributed by atoms with Crippen molar-refractivity contribution in [2.75, 3.05) is 6.54 Å². The van der Waals surface area contributed by atoms with Crippen molar-refractivity contribution in [1.29, 1.82) is 0 Å². The second-order valence-corrected chi connectivity index (χ2v) is 6.03. The third kappa shape index (κ3) is 2.12. The van der Waals surface area contributed by atoms with E-state index in [4.69, 9.17) is 4.42 Å². The summed E-state index contributed by atoms with van der Waals surface area (Å²) in [6, 6.07) is 9.10. The van der Waals surface area contributed by atoms with Crippen LogP contribution in [0.1, 0.15) is 35.3 Å². The van der Waals surface area contributed by atoms with Crippen LogP contribution in [0.15, 0.2) is 45.6 Å². The molecule has 1 fully saturated rings. The van der Waals surface area contributed by atoms with E-state index < -0.39 is 0 Å². The number of carbonyl (C=O) groups excluding carboxylic acids is 1. The number of hydrogen-bond acceptors (Lipinski definition) is 4. The predicted molar refractivity (Wildman–Crippen MR) is 82.4 cm³/mol. The van der Waals surface area contributed by atoms with Crippen LogP contribution in [0, 0.1) is 0 Å². The van der Waals surface area contributed by atoms with Crippen molar-refractivity contribution in [2.45, 2.75) is 18.9 Å². The molecule has 0 radical (unpaired) electrons. The van der Waals surface area contributed by atoms with Crippen LogP contribution in [-0.4, -0.2) is 31.9 Å². The molecule has 1 amide bonds. The Morgan fingerprint density at radius 3 is 3.00 bits per heavy atom. The number of likely N-dealkylation sites (tertiary alicyclic amines) is 1. The maximum atomic E-state index is 12.7. The number of aromatic nitrogens is 3. The Bertz CT molecular complexity index is 841. The molecule has 6 nitrogen and oxygen atoms in total. The normalized spacial score (nSPS) is 18.2. The minimum atomic E-state index is -0.110. The van der Waals surface area contributed by atoms with E-state index in [0.717, 1.165) is 24.3 Å². The van der Waals surface area contributed by atoms with Crippen LogP contribution >= 0.6 is 15.9 Å². The van der Waals surface area contributed by atoms with Gasteiger partial charge in [0, 0.05) is 12.7 Å². The SMILES string of the molecule is O=C(c1ccc(Br)o1)N1CCCC1c1nnc2ccccn12. The molecule has 0 spiro atoms. The smallest absolute Gasteiger partial charge is 0.290 e. The summed E-state index contributed by atoms with van der Waals surface area (Å²) in [5.41, 5.74) is 0.789. The van der Waals surface area contributed by atoms with Gasteiger partial charge in [-0.15, -0.1) is 10.2 Å². The highest BCUT2D eigenvalue weighted by atomic mass is 79.9. The largest absolute Gasteiger partial charge is 0.444 e. The molecule has 0 bridgehead atoms. The van der Waals surface area contributed by atoms with Gasteiger partial charge in [0.05, 0.1) is 6.04 Å². The summed E-state index contributed by atoms with van der Waals surface area (Å²) in [6.45, 7) is 0.698. The minimum absolute atomic E-state index is 0.0752. The average molecular weight is 361 g/mol. The molecule has 0 N–H and O–H groups in total. The number of pyridine rings is 1. The summed E-state index contributed by atoms with van der Waals surface area (Å²) in [6.07, 6.45) is 3.75. The van der Waals surface area contributed by atoms with Crippen molar-refractivity contribution in [1.82, 2.24) is 19.5 Å². The van der Waals surface area contributed by atoms with E-state index >= 15 is 0 Å². The number of furan rings is 1. The number of fused-ring (bicyclic) bond motifs is 1.